The van der Waals surface area contributed by atoms with Gasteiger partial charge in [-0.3, -0.25) is 4.79 Å². The van der Waals surface area contributed by atoms with Gasteiger partial charge in [0.05, 0.1) is 36.8 Å². The number of carbonyl (C=O) groups is 2. The quantitative estimate of drug-likeness (QED) is 0.288. The van der Waals surface area contributed by atoms with Gasteiger partial charge in [0, 0.05) is 13.0 Å². The van der Waals surface area contributed by atoms with E-state index in [1.54, 1.807) is 0 Å². The zero-order valence-corrected chi connectivity index (χ0v) is 23.5. The number of nitrogens with zero attached hydrogens (tertiary/aromatic N) is 5. The molecule has 3 heterocycles. The predicted octanol–water partition coefficient (Wildman–Crippen LogP) is 4.78. The van der Waals surface area contributed by atoms with Gasteiger partial charge >= 0.3 is 18.4 Å². The summed E-state index contributed by atoms with van der Waals surface area (Å²) in [7, 11) is 1.32. The Kier molecular flexibility index (Phi) is 8.17. The highest BCUT2D eigenvalue weighted by molar-refractivity contribution is 6.05. The van der Waals surface area contributed by atoms with Crippen LogP contribution < -0.4 is 5.32 Å². The SMILES string of the molecule is COC[C@H](c1ccc2nc(C(COC(C)(C)C(F)(F)F)NC(=O)c3nonc3C3CC3)[nH]c2c1)N1CC(C(F)(F)F)=NC1=O. The van der Waals surface area contributed by atoms with Crippen LogP contribution in [0.5, 0.6) is 0 Å². The van der Waals surface area contributed by atoms with Crippen LogP contribution in [-0.2, 0) is 9.47 Å². The number of urea groups is 1. The maximum Gasteiger partial charge on any atom is 0.431 e. The topological polar surface area (TPSA) is 148 Å². The molecule has 3 amide bonds. The Morgan fingerprint density at radius 1 is 1.16 bits per heavy atom. The normalized spacial score (nSPS) is 17.7. The van der Waals surface area contributed by atoms with Crippen LogP contribution in [0.2, 0.25) is 0 Å². The predicted molar refractivity (Wildman–Crippen MR) is 139 cm³/mol. The third-order valence-corrected chi connectivity index (χ3v) is 7.36. The summed E-state index contributed by atoms with van der Waals surface area (Å²) in [4.78, 5) is 36.9. The molecule has 2 aliphatic rings. The molecule has 12 nitrogen and oxygen atoms in total. The molecule has 0 bridgehead atoms. The number of hydrogen-bond donors (Lipinski definition) is 2. The van der Waals surface area contributed by atoms with Crippen molar-refractivity contribution in [3.05, 3.63) is 41.0 Å². The van der Waals surface area contributed by atoms with Crippen LogP contribution in [0, 0.1) is 0 Å². The summed E-state index contributed by atoms with van der Waals surface area (Å²) in [6.45, 7) is 0.0943. The number of nitrogens with one attached hydrogen (secondary N) is 2. The lowest BCUT2D eigenvalue weighted by atomic mass is 10.1. The van der Waals surface area contributed by atoms with Gasteiger partial charge < -0.3 is 24.7 Å². The Labute approximate surface area is 245 Å². The summed E-state index contributed by atoms with van der Waals surface area (Å²) in [5.74, 6) is -0.748. The fraction of sp³-hybridized carbons (Fsp3) is 0.538. The highest BCUT2D eigenvalue weighted by Crippen LogP contribution is 2.40. The molecule has 1 fully saturated rings. The fourth-order valence-corrected chi connectivity index (χ4v) is 4.55. The van der Waals surface area contributed by atoms with Crippen molar-refractivity contribution in [2.24, 2.45) is 4.99 Å². The largest absolute Gasteiger partial charge is 0.431 e. The summed E-state index contributed by atoms with van der Waals surface area (Å²) < 4.78 is 95.4. The fourth-order valence-electron chi connectivity index (χ4n) is 4.55. The van der Waals surface area contributed by atoms with E-state index < -0.39 is 60.8 Å². The van der Waals surface area contributed by atoms with Crippen LogP contribution in [-0.4, -0.2) is 87.7 Å². The van der Waals surface area contributed by atoms with Gasteiger partial charge in [0.1, 0.15) is 23.3 Å². The molecule has 1 saturated carbocycles. The van der Waals surface area contributed by atoms with Gasteiger partial charge in [0.2, 0.25) is 0 Å². The number of carbonyl (C=O) groups excluding carboxylic acids is 2. The average Bonchev–Trinajstić information content (AvgIpc) is 3.31. The van der Waals surface area contributed by atoms with Crippen LogP contribution in [0.4, 0.5) is 31.1 Å². The monoisotopic (exact) mass is 631 g/mol. The van der Waals surface area contributed by atoms with Crippen molar-refractivity contribution < 1.29 is 50.0 Å². The van der Waals surface area contributed by atoms with E-state index in [0.29, 0.717) is 22.3 Å². The maximum atomic E-state index is 13.5. The lowest BCUT2D eigenvalue weighted by molar-refractivity contribution is -0.265. The second-order valence-corrected chi connectivity index (χ2v) is 11.0. The van der Waals surface area contributed by atoms with Crippen LogP contribution in [0.15, 0.2) is 27.8 Å². The molecular formula is C26H27F6N7O5. The molecule has 2 atom stereocenters. The van der Waals surface area contributed by atoms with E-state index in [2.05, 4.69) is 30.6 Å². The minimum absolute atomic E-state index is 0.00868. The van der Waals surface area contributed by atoms with Crippen molar-refractivity contribution in [2.45, 2.75) is 62.6 Å². The number of amides is 3. The third-order valence-electron chi connectivity index (χ3n) is 7.36. The lowest BCUT2D eigenvalue weighted by Gasteiger charge is -2.29. The van der Waals surface area contributed by atoms with E-state index in [0.717, 1.165) is 31.6 Å². The van der Waals surface area contributed by atoms with Gasteiger partial charge in [-0.05, 0) is 49.5 Å². The molecule has 0 spiro atoms. The number of aliphatic imine (C=N–C) groups is 1. The second kappa shape index (κ2) is 11.5. The van der Waals surface area contributed by atoms with E-state index in [4.69, 9.17) is 14.1 Å². The molecule has 0 saturated heterocycles. The molecule has 1 aromatic carbocycles. The average molecular weight is 632 g/mol. The number of methoxy groups -OCH3 is 1. The van der Waals surface area contributed by atoms with Gasteiger partial charge in [0.15, 0.2) is 11.3 Å². The van der Waals surface area contributed by atoms with Crippen LogP contribution in [0.25, 0.3) is 11.0 Å². The number of hydrogen-bond acceptors (Lipinski definition) is 8. The Hall–Kier alpha value is -4.06. The highest BCUT2D eigenvalue weighted by Gasteiger charge is 2.49. The van der Waals surface area contributed by atoms with E-state index >= 15 is 0 Å². The van der Waals surface area contributed by atoms with Crippen molar-refractivity contribution in [3.8, 4) is 0 Å². The third kappa shape index (κ3) is 6.40. The number of fused-ring (bicyclic) bond motifs is 1. The first-order valence-corrected chi connectivity index (χ1v) is 13.4. The Morgan fingerprint density at radius 2 is 1.89 bits per heavy atom. The number of benzene rings is 1. The Bertz CT molecular complexity index is 1580. The van der Waals surface area contributed by atoms with Gasteiger partial charge in [0.25, 0.3) is 5.91 Å². The Balaban J connectivity index is 1.44. The second-order valence-electron chi connectivity index (χ2n) is 11.0. The molecule has 0 radical (unpaired) electrons. The zero-order valence-electron chi connectivity index (χ0n) is 23.5. The molecule has 1 aliphatic heterocycles. The maximum absolute atomic E-state index is 13.5. The molecule has 1 unspecified atom stereocenters. The number of halogens is 6. The number of aromatic amines is 1. The van der Waals surface area contributed by atoms with Crippen molar-refractivity contribution in [3.63, 3.8) is 0 Å². The number of imidazole rings is 1. The number of H-pyrrole nitrogens is 1. The Morgan fingerprint density at radius 3 is 2.50 bits per heavy atom. The van der Waals surface area contributed by atoms with Gasteiger partial charge in [-0.25, -0.2) is 14.4 Å². The molecule has 238 valence electrons. The van der Waals surface area contributed by atoms with E-state index in [1.807, 2.05) is 0 Å². The molecular weight excluding hydrogens is 604 g/mol. The standard InChI is InChI=1S/C26H27F6N7O5/c1-24(2,26(30,31)32)43-10-16(35-22(40)20-19(12-4-5-12)37-44-38-20)21-33-14-7-6-13(8-15(14)34-21)17(11-42-3)39-9-18(25(27,28)29)36-23(39)41/h6-8,12,16-17H,4-5,9-11H2,1-3H3,(H,33,34)(H,35,40)/t16?,17-/m1/s1. The molecule has 2 aromatic heterocycles. The van der Waals surface area contributed by atoms with Gasteiger partial charge in [-0.2, -0.15) is 31.3 Å². The number of ether oxygens (including phenoxy) is 2. The summed E-state index contributed by atoms with van der Waals surface area (Å²) in [6, 6.07) is 1.27. The first-order valence-electron chi connectivity index (χ1n) is 13.4. The first-order chi connectivity index (χ1) is 20.6. The van der Waals surface area contributed by atoms with Crippen LogP contribution in [0.3, 0.4) is 0 Å². The van der Waals surface area contributed by atoms with Crippen molar-refractivity contribution >= 4 is 28.7 Å². The molecule has 18 heteroatoms. The minimum atomic E-state index is -4.78. The van der Waals surface area contributed by atoms with E-state index in [1.165, 1.54) is 25.3 Å². The van der Waals surface area contributed by atoms with Crippen molar-refractivity contribution in [2.75, 3.05) is 26.9 Å². The summed E-state index contributed by atoms with van der Waals surface area (Å²) >= 11 is 0. The van der Waals surface area contributed by atoms with Crippen molar-refractivity contribution in [1.82, 2.24) is 30.5 Å². The summed E-state index contributed by atoms with van der Waals surface area (Å²) in [5, 5.41) is 10.0. The number of aromatic nitrogens is 4. The summed E-state index contributed by atoms with van der Waals surface area (Å²) in [5.41, 5.74) is -2.57. The van der Waals surface area contributed by atoms with E-state index in [9.17, 15) is 35.9 Å². The summed E-state index contributed by atoms with van der Waals surface area (Å²) in [6.07, 6.45) is -7.95. The van der Waals surface area contributed by atoms with Gasteiger partial charge in [-0.15, -0.1) is 0 Å². The molecule has 5 rings (SSSR count). The van der Waals surface area contributed by atoms with E-state index in [-0.39, 0.29) is 24.0 Å². The smallest absolute Gasteiger partial charge is 0.382 e. The molecule has 44 heavy (non-hydrogen) atoms. The minimum Gasteiger partial charge on any atom is -0.382 e. The van der Waals surface area contributed by atoms with Crippen LogP contribution in [0.1, 0.15) is 72.3 Å². The highest BCUT2D eigenvalue weighted by atomic mass is 19.4. The lowest BCUT2D eigenvalue weighted by Crippen LogP contribution is -2.44. The van der Waals surface area contributed by atoms with Crippen molar-refractivity contribution in [1.29, 1.82) is 0 Å². The van der Waals surface area contributed by atoms with Crippen LogP contribution >= 0.6 is 0 Å². The number of rotatable bonds is 11. The first kappa shape index (κ1) is 31.4. The molecule has 2 N–H and O–H groups in total. The molecule has 1 aliphatic carbocycles. The molecule has 3 aromatic rings. The zero-order chi connectivity index (χ0) is 32.0. The number of alkyl halides is 6. The van der Waals surface area contributed by atoms with Gasteiger partial charge in [-0.1, -0.05) is 11.2 Å².